The molecule has 0 aliphatic rings. The monoisotopic (exact) mass is 218 g/mol. The molecule has 0 aliphatic carbocycles. The number of pyridine rings is 1. The van der Waals surface area contributed by atoms with Gasteiger partial charge in [0.1, 0.15) is 5.15 Å². The van der Waals surface area contributed by atoms with E-state index in [4.69, 9.17) is 22.0 Å². The van der Waals surface area contributed by atoms with Crippen molar-refractivity contribution in [3.05, 3.63) is 28.0 Å². The van der Waals surface area contributed by atoms with Gasteiger partial charge in [0, 0.05) is 0 Å². The molecular weight excluding hydrogens is 214 g/mol. The van der Waals surface area contributed by atoms with E-state index >= 15 is 0 Å². The summed E-state index contributed by atoms with van der Waals surface area (Å²) in [5.41, 5.74) is -1.08. The molecule has 0 aromatic carbocycles. The van der Waals surface area contributed by atoms with Gasteiger partial charge in [-0.2, -0.15) is 5.26 Å². The maximum atomic E-state index is 12.4. The second kappa shape index (κ2) is 4.31. The fraction of sp³-hybridized carbons (Fsp3) is 0.250. The Hall–Kier alpha value is -1.25. The lowest BCUT2D eigenvalue weighted by atomic mass is 10.1. The predicted octanol–water partition coefficient (Wildman–Crippen LogP) is 2.04. The third kappa shape index (κ3) is 1.97. The Labute approximate surface area is 83.6 Å². The summed E-state index contributed by atoms with van der Waals surface area (Å²) in [5.74, 6) is 0. The molecule has 74 valence electrons. The summed E-state index contributed by atoms with van der Waals surface area (Å²) in [4.78, 5) is 3.51. The van der Waals surface area contributed by atoms with Gasteiger partial charge in [-0.15, -0.1) is 0 Å². The molecule has 0 aliphatic heterocycles. The molecule has 0 unspecified atom stereocenters. The fourth-order valence-corrected chi connectivity index (χ4v) is 1.24. The first-order valence-corrected chi connectivity index (χ1v) is 3.96. The Morgan fingerprint density at radius 3 is 2.71 bits per heavy atom. The van der Waals surface area contributed by atoms with Crippen LogP contribution in [0.3, 0.4) is 0 Å². The molecule has 0 bridgehead atoms. The molecule has 0 spiro atoms. The predicted molar refractivity (Wildman–Crippen MR) is 44.8 cm³/mol. The van der Waals surface area contributed by atoms with E-state index < -0.39 is 18.6 Å². The summed E-state index contributed by atoms with van der Waals surface area (Å²) in [7, 11) is 0. The zero-order valence-corrected chi connectivity index (χ0v) is 7.59. The number of aliphatic hydroxyl groups is 1. The van der Waals surface area contributed by atoms with Gasteiger partial charge in [-0.3, -0.25) is 0 Å². The van der Waals surface area contributed by atoms with Crippen LogP contribution in [-0.4, -0.2) is 10.1 Å². The largest absolute Gasteiger partial charge is 0.390 e. The van der Waals surface area contributed by atoms with Crippen LogP contribution < -0.4 is 0 Å². The lowest BCUT2D eigenvalue weighted by Crippen LogP contribution is -2.02. The van der Waals surface area contributed by atoms with Crippen LogP contribution in [0.4, 0.5) is 8.78 Å². The van der Waals surface area contributed by atoms with Crippen molar-refractivity contribution >= 4 is 11.6 Å². The van der Waals surface area contributed by atoms with E-state index in [9.17, 15) is 8.78 Å². The summed E-state index contributed by atoms with van der Waals surface area (Å²) in [5, 5.41) is 17.2. The van der Waals surface area contributed by atoms with E-state index in [1.54, 1.807) is 6.07 Å². The van der Waals surface area contributed by atoms with Crippen molar-refractivity contribution in [2.45, 2.75) is 13.0 Å². The van der Waals surface area contributed by atoms with Gasteiger partial charge in [0.25, 0.3) is 6.43 Å². The van der Waals surface area contributed by atoms with Gasteiger partial charge < -0.3 is 5.11 Å². The Morgan fingerprint density at radius 1 is 1.64 bits per heavy atom. The Bertz CT molecular complexity index is 390. The van der Waals surface area contributed by atoms with Crippen LogP contribution in [0, 0.1) is 11.3 Å². The number of aromatic nitrogens is 1. The van der Waals surface area contributed by atoms with Crippen LogP contribution in [0.2, 0.25) is 5.15 Å². The first-order chi connectivity index (χ1) is 6.60. The topological polar surface area (TPSA) is 56.9 Å². The highest BCUT2D eigenvalue weighted by Crippen LogP contribution is 2.27. The van der Waals surface area contributed by atoms with Crippen molar-refractivity contribution in [1.82, 2.24) is 4.98 Å². The molecule has 3 nitrogen and oxygen atoms in total. The quantitative estimate of drug-likeness (QED) is 0.773. The smallest absolute Gasteiger partial charge is 0.266 e. The highest BCUT2D eigenvalue weighted by Gasteiger charge is 2.19. The molecule has 14 heavy (non-hydrogen) atoms. The standard InChI is InChI=1S/C8H5ClF2N2O/c9-6-1-4(2-12)7(8(10)11)5(3-14)13-6/h1,8,14H,3H2. The van der Waals surface area contributed by atoms with Crippen LogP contribution in [0.5, 0.6) is 0 Å². The summed E-state index contributed by atoms with van der Waals surface area (Å²) >= 11 is 5.47. The minimum atomic E-state index is -2.85. The van der Waals surface area contributed by atoms with Gasteiger partial charge in [0.05, 0.1) is 29.5 Å². The van der Waals surface area contributed by atoms with Gasteiger partial charge in [-0.1, -0.05) is 11.6 Å². The van der Waals surface area contributed by atoms with Gasteiger partial charge in [-0.25, -0.2) is 13.8 Å². The minimum Gasteiger partial charge on any atom is -0.390 e. The Kier molecular flexibility index (Phi) is 3.33. The van der Waals surface area contributed by atoms with E-state index in [0.29, 0.717) is 0 Å². The molecule has 1 aromatic rings. The number of halogens is 3. The molecule has 0 saturated heterocycles. The van der Waals surface area contributed by atoms with Crippen molar-refractivity contribution in [1.29, 1.82) is 5.26 Å². The Balaban J connectivity index is 3.42. The maximum Gasteiger partial charge on any atom is 0.266 e. The third-order valence-corrected chi connectivity index (χ3v) is 1.79. The van der Waals surface area contributed by atoms with Gasteiger partial charge in [0.2, 0.25) is 0 Å². The summed E-state index contributed by atoms with van der Waals surface area (Å²) < 4.78 is 24.9. The number of hydrogen-bond acceptors (Lipinski definition) is 3. The molecule has 0 radical (unpaired) electrons. The number of aliphatic hydroxyl groups excluding tert-OH is 1. The third-order valence-electron chi connectivity index (χ3n) is 1.59. The van der Waals surface area contributed by atoms with Crippen LogP contribution >= 0.6 is 11.6 Å². The van der Waals surface area contributed by atoms with Crippen molar-refractivity contribution in [2.24, 2.45) is 0 Å². The number of nitrogens with zero attached hydrogens (tertiary/aromatic N) is 2. The summed E-state index contributed by atoms with van der Waals surface area (Å²) in [6.07, 6.45) is -2.85. The normalized spacial score (nSPS) is 10.3. The molecule has 1 aromatic heterocycles. The van der Waals surface area contributed by atoms with Crippen LogP contribution in [0.1, 0.15) is 23.2 Å². The average Bonchev–Trinajstić information content (AvgIpc) is 2.15. The van der Waals surface area contributed by atoms with Crippen molar-refractivity contribution in [3.63, 3.8) is 0 Å². The molecule has 1 N–H and O–H groups in total. The second-order valence-corrected chi connectivity index (χ2v) is 2.81. The van der Waals surface area contributed by atoms with Crippen molar-refractivity contribution in [2.75, 3.05) is 0 Å². The fourth-order valence-electron chi connectivity index (χ4n) is 1.03. The average molecular weight is 219 g/mol. The first kappa shape index (κ1) is 10.8. The number of rotatable bonds is 2. The molecule has 0 saturated carbocycles. The Morgan fingerprint density at radius 2 is 2.29 bits per heavy atom. The van der Waals surface area contributed by atoms with E-state index in [-0.39, 0.29) is 16.4 Å². The molecule has 0 amide bonds. The van der Waals surface area contributed by atoms with Gasteiger partial charge in [-0.05, 0) is 6.07 Å². The molecule has 6 heteroatoms. The SMILES string of the molecule is N#Cc1cc(Cl)nc(CO)c1C(F)F. The van der Waals surface area contributed by atoms with E-state index in [1.165, 1.54) is 0 Å². The highest BCUT2D eigenvalue weighted by molar-refractivity contribution is 6.29. The van der Waals surface area contributed by atoms with Crippen molar-refractivity contribution in [3.8, 4) is 6.07 Å². The highest BCUT2D eigenvalue weighted by atomic mass is 35.5. The number of alkyl halides is 2. The molecule has 0 fully saturated rings. The van der Waals surface area contributed by atoms with Crippen LogP contribution in [0.15, 0.2) is 6.07 Å². The lowest BCUT2D eigenvalue weighted by molar-refractivity contribution is 0.145. The zero-order valence-electron chi connectivity index (χ0n) is 6.84. The first-order valence-electron chi connectivity index (χ1n) is 3.58. The van der Waals surface area contributed by atoms with Crippen molar-refractivity contribution < 1.29 is 13.9 Å². The molecule has 1 heterocycles. The summed E-state index contributed by atoms with van der Waals surface area (Å²) in [6, 6.07) is 2.62. The van der Waals surface area contributed by atoms with E-state index in [0.717, 1.165) is 6.07 Å². The van der Waals surface area contributed by atoms with Crippen LogP contribution in [0.25, 0.3) is 0 Å². The van der Waals surface area contributed by atoms with E-state index in [1.807, 2.05) is 0 Å². The van der Waals surface area contributed by atoms with Gasteiger partial charge >= 0.3 is 0 Å². The number of hydrogen-bond donors (Lipinski definition) is 1. The summed E-state index contributed by atoms with van der Waals surface area (Å²) in [6.45, 7) is -0.672. The zero-order chi connectivity index (χ0) is 10.7. The second-order valence-electron chi connectivity index (χ2n) is 2.42. The van der Waals surface area contributed by atoms with E-state index in [2.05, 4.69) is 4.98 Å². The molecule has 1 rings (SSSR count). The lowest BCUT2D eigenvalue weighted by Gasteiger charge is -2.07. The molecule has 0 atom stereocenters. The minimum absolute atomic E-state index is 0.0880. The molecular formula is C8H5ClF2N2O. The van der Waals surface area contributed by atoms with Gasteiger partial charge in [0.15, 0.2) is 0 Å². The van der Waals surface area contributed by atoms with Crippen LogP contribution in [-0.2, 0) is 6.61 Å². The maximum absolute atomic E-state index is 12.4. The number of nitriles is 1.